The molecule has 0 aliphatic heterocycles. The number of amides is 1. The summed E-state index contributed by atoms with van der Waals surface area (Å²) in [5.74, 6) is -0.00845. The molecule has 0 fully saturated rings. The van der Waals surface area contributed by atoms with Crippen LogP contribution in [-0.4, -0.2) is 40.6 Å². The van der Waals surface area contributed by atoms with Crippen LogP contribution in [0.3, 0.4) is 0 Å². The predicted octanol–water partition coefficient (Wildman–Crippen LogP) is 1.25. The molecule has 1 rings (SSSR count). The molecule has 1 aromatic heterocycles. The maximum Gasteiger partial charge on any atom is 0.271 e. The van der Waals surface area contributed by atoms with Crippen molar-refractivity contribution in [3.63, 3.8) is 0 Å². The minimum absolute atomic E-state index is 0.00845. The molecule has 0 aromatic carbocycles. The largest absolute Gasteiger partial charge is 0.337 e. The number of aromatic nitrogens is 2. The van der Waals surface area contributed by atoms with E-state index in [0.717, 1.165) is 13.0 Å². The van der Waals surface area contributed by atoms with Gasteiger partial charge in [0, 0.05) is 19.3 Å². The van der Waals surface area contributed by atoms with E-state index in [0.29, 0.717) is 18.8 Å². The quantitative estimate of drug-likeness (QED) is 0.783. The average molecular weight is 238 g/mol. The van der Waals surface area contributed by atoms with Crippen LogP contribution >= 0.6 is 0 Å². The summed E-state index contributed by atoms with van der Waals surface area (Å²) >= 11 is 0. The first-order valence-electron chi connectivity index (χ1n) is 5.99. The molecular formula is C12H22N4O. The third kappa shape index (κ3) is 3.85. The van der Waals surface area contributed by atoms with E-state index in [9.17, 15) is 4.79 Å². The van der Waals surface area contributed by atoms with Crippen LogP contribution in [0.25, 0.3) is 0 Å². The van der Waals surface area contributed by atoms with Crippen molar-refractivity contribution in [2.45, 2.75) is 27.2 Å². The molecule has 0 aliphatic rings. The van der Waals surface area contributed by atoms with Gasteiger partial charge in [0.15, 0.2) is 0 Å². The molecule has 1 amide bonds. The molecule has 0 saturated carbocycles. The summed E-state index contributed by atoms with van der Waals surface area (Å²) in [4.78, 5) is 14.0. The van der Waals surface area contributed by atoms with E-state index in [-0.39, 0.29) is 11.3 Å². The maximum absolute atomic E-state index is 12.2. The number of hydrogen-bond acceptors (Lipinski definition) is 3. The van der Waals surface area contributed by atoms with Gasteiger partial charge in [0.2, 0.25) is 0 Å². The second-order valence-corrected chi connectivity index (χ2v) is 5.07. The molecule has 0 bridgehead atoms. The molecule has 5 heteroatoms. The summed E-state index contributed by atoms with van der Waals surface area (Å²) in [6.45, 7) is 8.15. The lowest BCUT2D eigenvalue weighted by Gasteiger charge is -2.31. The maximum atomic E-state index is 12.2. The smallest absolute Gasteiger partial charge is 0.271 e. The number of hydrogen-bond donors (Lipinski definition) is 2. The van der Waals surface area contributed by atoms with Crippen LogP contribution in [0.1, 0.15) is 37.7 Å². The zero-order valence-electron chi connectivity index (χ0n) is 10.9. The van der Waals surface area contributed by atoms with Crippen molar-refractivity contribution in [2.24, 2.45) is 11.1 Å². The highest BCUT2D eigenvalue weighted by Crippen LogP contribution is 2.16. The van der Waals surface area contributed by atoms with Crippen molar-refractivity contribution < 1.29 is 4.79 Å². The van der Waals surface area contributed by atoms with Crippen molar-refractivity contribution >= 4 is 5.91 Å². The van der Waals surface area contributed by atoms with Crippen molar-refractivity contribution in [3.8, 4) is 0 Å². The summed E-state index contributed by atoms with van der Waals surface area (Å²) in [6.07, 6.45) is 2.52. The van der Waals surface area contributed by atoms with Crippen molar-refractivity contribution in [1.29, 1.82) is 0 Å². The van der Waals surface area contributed by atoms with E-state index < -0.39 is 0 Å². The molecule has 3 N–H and O–H groups in total. The highest BCUT2D eigenvalue weighted by Gasteiger charge is 2.24. The Hall–Kier alpha value is -1.36. The zero-order chi connectivity index (χ0) is 12.9. The molecule has 1 heterocycles. The van der Waals surface area contributed by atoms with Gasteiger partial charge in [0.05, 0.1) is 0 Å². The number of aromatic amines is 1. The van der Waals surface area contributed by atoms with Crippen LogP contribution < -0.4 is 5.73 Å². The SMILES string of the molecule is CCCN(CC(C)(C)CN)C(=O)c1ccn[nH]1. The first-order chi connectivity index (χ1) is 8.00. The number of nitrogens with two attached hydrogens (primary N) is 1. The van der Waals surface area contributed by atoms with E-state index in [1.807, 2.05) is 4.90 Å². The monoisotopic (exact) mass is 238 g/mol. The summed E-state index contributed by atoms with van der Waals surface area (Å²) in [7, 11) is 0. The Labute approximate surface area is 102 Å². The average Bonchev–Trinajstić information content (AvgIpc) is 2.81. The molecule has 0 atom stereocenters. The Morgan fingerprint density at radius 3 is 2.76 bits per heavy atom. The fraction of sp³-hybridized carbons (Fsp3) is 0.667. The highest BCUT2D eigenvalue weighted by molar-refractivity contribution is 5.92. The van der Waals surface area contributed by atoms with Crippen LogP contribution in [0.4, 0.5) is 0 Å². The van der Waals surface area contributed by atoms with Crippen LogP contribution in [0.2, 0.25) is 0 Å². The predicted molar refractivity (Wildman–Crippen MR) is 67.6 cm³/mol. The van der Waals surface area contributed by atoms with Gasteiger partial charge in [-0.25, -0.2) is 0 Å². The molecule has 0 spiro atoms. The van der Waals surface area contributed by atoms with Crippen LogP contribution in [-0.2, 0) is 0 Å². The Morgan fingerprint density at radius 2 is 2.29 bits per heavy atom. The molecule has 0 aliphatic carbocycles. The Morgan fingerprint density at radius 1 is 1.59 bits per heavy atom. The van der Waals surface area contributed by atoms with E-state index in [2.05, 4.69) is 31.0 Å². The summed E-state index contributed by atoms with van der Waals surface area (Å²) in [5.41, 5.74) is 6.18. The zero-order valence-corrected chi connectivity index (χ0v) is 10.9. The first kappa shape index (κ1) is 13.7. The first-order valence-corrected chi connectivity index (χ1v) is 5.99. The van der Waals surface area contributed by atoms with Crippen molar-refractivity contribution in [2.75, 3.05) is 19.6 Å². The summed E-state index contributed by atoms with van der Waals surface area (Å²) in [5, 5.41) is 6.51. The number of rotatable bonds is 6. The Kier molecular flexibility index (Phi) is 4.69. The molecule has 17 heavy (non-hydrogen) atoms. The Balaban J connectivity index is 2.75. The lowest BCUT2D eigenvalue weighted by atomic mass is 9.93. The minimum Gasteiger partial charge on any atom is -0.337 e. The summed E-state index contributed by atoms with van der Waals surface area (Å²) < 4.78 is 0. The molecule has 0 saturated heterocycles. The van der Waals surface area contributed by atoms with E-state index >= 15 is 0 Å². The fourth-order valence-electron chi connectivity index (χ4n) is 1.65. The molecule has 0 unspecified atom stereocenters. The van der Waals surface area contributed by atoms with E-state index in [1.54, 1.807) is 12.3 Å². The summed E-state index contributed by atoms with van der Waals surface area (Å²) in [6, 6.07) is 1.69. The van der Waals surface area contributed by atoms with Gasteiger partial charge in [0.25, 0.3) is 5.91 Å². The van der Waals surface area contributed by atoms with Gasteiger partial charge in [-0.1, -0.05) is 20.8 Å². The molecule has 96 valence electrons. The Bertz CT molecular complexity index is 345. The lowest BCUT2D eigenvalue weighted by Crippen LogP contribution is -2.42. The van der Waals surface area contributed by atoms with Gasteiger partial charge in [0.1, 0.15) is 5.69 Å². The van der Waals surface area contributed by atoms with Gasteiger partial charge in [-0.3, -0.25) is 9.89 Å². The molecule has 0 radical (unpaired) electrons. The second kappa shape index (κ2) is 5.82. The number of carbonyl (C=O) groups is 1. The number of nitrogens with one attached hydrogen (secondary N) is 1. The van der Waals surface area contributed by atoms with Gasteiger partial charge in [-0.05, 0) is 24.4 Å². The highest BCUT2D eigenvalue weighted by atomic mass is 16.2. The van der Waals surface area contributed by atoms with Gasteiger partial charge < -0.3 is 10.6 Å². The fourth-order valence-corrected chi connectivity index (χ4v) is 1.65. The molecule has 1 aromatic rings. The van der Waals surface area contributed by atoms with Crippen LogP contribution in [0.15, 0.2) is 12.3 Å². The molecular weight excluding hydrogens is 216 g/mol. The van der Waals surface area contributed by atoms with Crippen LogP contribution in [0, 0.1) is 5.41 Å². The third-order valence-electron chi connectivity index (χ3n) is 2.68. The number of carbonyl (C=O) groups excluding carboxylic acids is 1. The second-order valence-electron chi connectivity index (χ2n) is 5.07. The van der Waals surface area contributed by atoms with E-state index in [1.165, 1.54) is 0 Å². The number of H-pyrrole nitrogens is 1. The minimum atomic E-state index is -0.0646. The van der Waals surface area contributed by atoms with Crippen LogP contribution in [0.5, 0.6) is 0 Å². The third-order valence-corrected chi connectivity index (χ3v) is 2.68. The topological polar surface area (TPSA) is 75.0 Å². The van der Waals surface area contributed by atoms with Gasteiger partial charge in [-0.2, -0.15) is 5.10 Å². The number of nitrogens with zero attached hydrogens (tertiary/aromatic N) is 2. The van der Waals surface area contributed by atoms with Crippen molar-refractivity contribution in [1.82, 2.24) is 15.1 Å². The lowest BCUT2D eigenvalue weighted by molar-refractivity contribution is 0.0683. The van der Waals surface area contributed by atoms with Gasteiger partial charge >= 0.3 is 0 Å². The standard InChI is InChI=1S/C12H22N4O/c1-4-7-16(9-12(2,3)8-13)11(17)10-5-6-14-15-10/h5-6H,4,7-9,13H2,1-3H3,(H,14,15). The molecule has 5 nitrogen and oxygen atoms in total. The normalized spacial score (nSPS) is 11.5. The van der Waals surface area contributed by atoms with E-state index in [4.69, 9.17) is 5.73 Å². The van der Waals surface area contributed by atoms with Crippen molar-refractivity contribution in [3.05, 3.63) is 18.0 Å². The van der Waals surface area contributed by atoms with Gasteiger partial charge in [-0.15, -0.1) is 0 Å².